The van der Waals surface area contributed by atoms with Gasteiger partial charge in [-0.25, -0.2) is 0 Å². The number of ether oxygens (including phenoxy) is 2. The number of rotatable bonds is 0. The summed E-state index contributed by atoms with van der Waals surface area (Å²) in [6, 6.07) is 14.4. The van der Waals surface area contributed by atoms with Crippen molar-refractivity contribution in [2.75, 3.05) is 20.0 Å². The fourth-order valence-corrected chi connectivity index (χ4v) is 2.11. The first kappa shape index (κ1) is 13.2. The molecule has 2 aromatic carbocycles. The Balaban J connectivity index is 1.68. The summed E-state index contributed by atoms with van der Waals surface area (Å²) in [6.07, 6.45) is 0. The molecular formula is C15H14NO6+. The predicted molar refractivity (Wildman–Crippen MR) is 72.4 cm³/mol. The molecule has 7 heteroatoms. The van der Waals surface area contributed by atoms with Gasteiger partial charge in [-0.3, -0.25) is 0 Å². The number of para-hydroxylation sites is 4. The van der Waals surface area contributed by atoms with Crippen molar-refractivity contribution < 1.29 is 34.0 Å². The highest BCUT2D eigenvalue weighted by Gasteiger charge is 2.51. The van der Waals surface area contributed by atoms with Crippen molar-refractivity contribution in [3.8, 4) is 23.0 Å². The number of hydrogen-bond acceptors (Lipinski definition) is 6. The molecular weight excluding hydrogens is 290 g/mol. The molecule has 0 fully saturated rings. The van der Waals surface area contributed by atoms with Crippen molar-refractivity contribution in [3.63, 3.8) is 0 Å². The van der Waals surface area contributed by atoms with Crippen LogP contribution in [-0.2, 0) is 9.57 Å². The van der Waals surface area contributed by atoms with E-state index in [0.717, 1.165) is 0 Å². The van der Waals surface area contributed by atoms with Crippen LogP contribution in [0.4, 0.5) is 0 Å². The third-order valence-corrected chi connectivity index (χ3v) is 3.10. The first-order chi connectivity index (χ1) is 10.8. The van der Waals surface area contributed by atoms with Crippen LogP contribution in [0.1, 0.15) is 0 Å². The van der Waals surface area contributed by atoms with Crippen molar-refractivity contribution in [1.29, 1.82) is 0 Å². The van der Waals surface area contributed by atoms with E-state index >= 15 is 0 Å². The SMILES string of the molecule is c1ccc2c(c1)OCOCCO[N+]1(O2)Oc2ccccc2O1. The lowest BCUT2D eigenvalue weighted by molar-refractivity contribution is -1.42. The topological polar surface area (TPSA) is 55.4 Å². The van der Waals surface area contributed by atoms with Crippen LogP contribution < -0.4 is 19.2 Å². The van der Waals surface area contributed by atoms with Gasteiger partial charge in [0.15, 0.2) is 12.5 Å². The molecule has 2 aliphatic heterocycles. The minimum Gasteiger partial charge on any atom is -0.463 e. The number of fused-ring (bicyclic) bond motifs is 2. The van der Waals surface area contributed by atoms with E-state index in [9.17, 15) is 0 Å². The summed E-state index contributed by atoms with van der Waals surface area (Å²) in [5.41, 5.74) is 0. The summed E-state index contributed by atoms with van der Waals surface area (Å²) in [6.45, 7) is 0.639. The Kier molecular flexibility index (Phi) is 3.23. The Morgan fingerprint density at radius 3 is 1.86 bits per heavy atom. The van der Waals surface area contributed by atoms with Crippen LogP contribution in [0.25, 0.3) is 0 Å². The summed E-state index contributed by atoms with van der Waals surface area (Å²) >= 11 is 0. The van der Waals surface area contributed by atoms with Crippen LogP contribution in [0, 0.1) is 0 Å². The van der Waals surface area contributed by atoms with Crippen molar-refractivity contribution in [2.45, 2.75) is 0 Å². The first-order valence-corrected chi connectivity index (χ1v) is 6.86. The lowest BCUT2D eigenvalue weighted by atomic mass is 10.3. The molecule has 114 valence electrons. The van der Waals surface area contributed by atoms with Gasteiger partial charge in [0.1, 0.15) is 6.61 Å². The second-order valence-corrected chi connectivity index (χ2v) is 4.62. The fourth-order valence-electron chi connectivity index (χ4n) is 2.11. The summed E-state index contributed by atoms with van der Waals surface area (Å²) in [5.74, 6) is 1.98. The van der Waals surface area contributed by atoms with E-state index in [2.05, 4.69) is 0 Å². The molecule has 2 aromatic rings. The van der Waals surface area contributed by atoms with Crippen LogP contribution in [0.3, 0.4) is 0 Å². The quantitative estimate of drug-likeness (QED) is 0.697. The molecule has 0 amide bonds. The molecule has 4 rings (SSSR count). The monoisotopic (exact) mass is 304 g/mol. The third-order valence-electron chi connectivity index (χ3n) is 3.10. The lowest BCUT2D eigenvalue weighted by Gasteiger charge is -2.22. The zero-order chi connectivity index (χ0) is 14.8. The average molecular weight is 304 g/mol. The van der Waals surface area contributed by atoms with Gasteiger partial charge >= 0.3 is 5.14 Å². The number of hydrogen-bond donors (Lipinski definition) is 0. The van der Waals surface area contributed by atoms with Crippen molar-refractivity contribution in [2.24, 2.45) is 0 Å². The Morgan fingerprint density at radius 1 is 0.682 bits per heavy atom. The van der Waals surface area contributed by atoms with Gasteiger partial charge in [0.25, 0.3) is 11.5 Å². The molecule has 7 nitrogen and oxygen atoms in total. The van der Waals surface area contributed by atoms with Crippen molar-refractivity contribution in [1.82, 2.24) is 0 Å². The highest BCUT2D eigenvalue weighted by Crippen LogP contribution is 2.40. The Hall–Kier alpha value is -2.48. The smallest absolute Gasteiger partial charge is 0.382 e. The lowest BCUT2D eigenvalue weighted by Crippen LogP contribution is -2.54. The molecule has 2 aliphatic rings. The van der Waals surface area contributed by atoms with Gasteiger partial charge in [0.05, 0.1) is 6.61 Å². The third kappa shape index (κ3) is 2.41. The van der Waals surface area contributed by atoms with Crippen LogP contribution in [-0.4, -0.2) is 25.1 Å². The van der Waals surface area contributed by atoms with E-state index in [1.54, 1.807) is 24.3 Å². The fraction of sp³-hybridized carbons (Fsp3) is 0.200. The van der Waals surface area contributed by atoms with Crippen molar-refractivity contribution >= 4 is 0 Å². The molecule has 22 heavy (non-hydrogen) atoms. The van der Waals surface area contributed by atoms with Crippen molar-refractivity contribution in [3.05, 3.63) is 48.5 Å². The van der Waals surface area contributed by atoms with Gasteiger partial charge in [-0.1, -0.05) is 29.1 Å². The normalized spacial score (nSPS) is 18.9. The van der Waals surface area contributed by atoms with Gasteiger partial charge in [0, 0.05) is 0 Å². The van der Waals surface area contributed by atoms with Gasteiger partial charge in [0.2, 0.25) is 5.75 Å². The highest BCUT2D eigenvalue weighted by atomic mass is 17.4. The van der Waals surface area contributed by atoms with Crippen LogP contribution >= 0.6 is 0 Å². The minimum absolute atomic E-state index is 0.117. The molecule has 0 radical (unpaired) electrons. The Labute approximate surface area is 126 Å². The standard InChI is InChI=1S/C15H14NO6/c1-2-6-13-12(5-1)18-11-17-9-10-19-16(20-13)21-14-7-3-4-8-15(14)22-16/h1-8H,9-11H2/q+1. The summed E-state index contributed by atoms with van der Waals surface area (Å²) in [5, 5.41) is -0.914. The zero-order valence-corrected chi connectivity index (χ0v) is 11.6. The predicted octanol–water partition coefficient (Wildman–Crippen LogP) is 2.40. The summed E-state index contributed by atoms with van der Waals surface area (Å²) in [7, 11) is 0. The van der Waals surface area contributed by atoms with Gasteiger partial charge in [-0.05, 0) is 24.3 Å². The zero-order valence-electron chi connectivity index (χ0n) is 11.6. The maximum absolute atomic E-state index is 5.79. The molecule has 1 spiro atoms. The van der Waals surface area contributed by atoms with Gasteiger partial charge < -0.3 is 9.47 Å². The molecule has 0 aromatic heterocycles. The molecule has 2 heterocycles. The van der Waals surface area contributed by atoms with Crippen LogP contribution in [0.15, 0.2) is 48.5 Å². The minimum atomic E-state index is -0.914. The molecule has 0 unspecified atom stereocenters. The Bertz CT molecular complexity index is 652. The van der Waals surface area contributed by atoms with E-state index in [1.165, 1.54) is 0 Å². The molecule has 0 bridgehead atoms. The maximum Gasteiger partial charge on any atom is 0.382 e. The van der Waals surface area contributed by atoms with Gasteiger partial charge in [-0.15, -0.1) is 0 Å². The average Bonchev–Trinajstić information content (AvgIpc) is 2.90. The molecule has 0 N–H and O–H groups in total. The second kappa shape index (κ2) is 5.38. The van der Waals surface area contributed by atoms with Crippen LogP contribution in [0.2, 0.25) is 0 Å². The van der Waals surface area contributed by atoms with E-state index in [0.29, 0.717) is 29.6 Å². The summed E-state index contributed by atoms with van der Waals surface area (Å²) < 4.78 is 10.8. The number of benzene rings is 2. The second-order valence-electron chi connectivity index (χ2n) is 4.62. The van der Waals surface area contributed by atoms with E-state index in [-0.39, 0.29) is 13.4 Å². The largest absolute Gasteiger partial charge is 0.463 e. The van der Waals surface area contributed by atoms with E-state index in [1.807, 2.05) is 24.3 Å². The van der Waals surface area contributed by atoms with Gasteiger partial charge in [-0.2, -0.15) is 14.5 Å². The number of nitrogens with zero attached hydrogens (tertiary/aromatic N) is 1. The van der Waals surface area contributed by atoms with E-state index in [4.69, 9.17) is 28.8 Å². The molecule has 0 saturated carbocycles. The van der Waals surface area contributed by atoms with Crippen LogP contribution in [0.5, 0.6) is 23.0 Å². The highest BCUT2D eigenvalue weighted by molar-refractivity contribution is 5.40. The maximum atomic E-state index is 5.79. The summed E-state index contributed by atoms with van der Waals surface area (Å²) in [4.78, 5) is 22.8. The molecule has 0 aliphatic carbocycles. The molecule has 0 atom stereocenters. The number of quaternary nitrogens is 1. The first-order valence-electron chi connectivity index (χ1n) is 6.86. The Morgan fingerprint density at radius 2 is 1.23 bits per heavy atom. The molecule has 0 saturated heterocycles. The van der Waals surface area contributed by atoms with E-state index < -0.39 is 5.14 Å².